The predicted molar refractivity (Wildman–Crippen MR) is 128 cm³/mol. The van der Waals surface area contributed by atoms with Gasteiger partial charge in [-0.2, -0.15) is 11.3 Å². The first kappa shape index (κ1) is 23.3. The van der Waals surface area contributed by atoms with Gasteiger partial charge in [0.25, 0.3) is 5.91 Å². The number of rotatable bonds is 8. The van der Waals surface area contributed by atoms with E-state index in [0.717, 1.165) is 39.0 Å². The van der Waals surface area contributed by atoms with E-state index in [1.165, 1.54) is 18.4 Å². The molecule has 6 nitrogen and oxygen atoms in total. The number of likely N-dealkylation sites (N-methyl/N-ethyl adjacent to an activating group) is 1. The monoisotopic (exact) mass is 442 g/mol. The highest BCUT2D eigenvalue weighted by atomic mass is 32.1. The van der Waals surface area contributed by atoms with Crippen molar-refractivity contribution in [2.45, 2.75) is 45.6 Å². The second-order valence-corrected chi connectivity index (χ2v) is 8.69. The Morgan fingerprint density at radius 1 is 1.03 bits per heavy atom. The number of hydrogen-bond donors (Lipinski definition) is 2. The summed E-state index contributed by atoms with van der Waals surface area (Å²) in [5.41, 5.74) is 2.58. The third-order valence-electron chi connectivity index (χ3n) is 5.92. The second kappa shape index (κ2) is 11.9. The number of thiophene rings is 1. The number of hydrogen-bond acceptors (Lipinski definition) is 4. The van der Waals surface area contributed by atoms with Gasteiger partial charge in [0.1, 0.15) is 0 Å². The lowest BCUT2D eigenvalue weighted by Crippen LogP contribution is -2.39. The van der Waals surface area contributed by atoms with Crippen LogP contribution in [0.1, 0.15) is 61.5 Å². The number of benzene rings is 1. The average molecular weight is 443 g/mol. The molecule has 0 saturated carbocycles. The minimum absolute atomic E-state index is 0.0794. The molecule has 1 aromatic heterocycles. The average Bonchev–Trinajstić information content (AvgIpc) is 3.18. The number of likely N-dealkylation sites (tertiary alicyclic amines) is 1. The van der Waals surface area contributed by atoms with Crippen molar-refractivity contribution in [2.24, 2.45) is 0 Å². The van der Waals surface area contributed by atoms with Crippen molar-refractivity contribution in [2.75, 3.05) is 38.0 Å². The maximum Gasteiger partial charge on any atom is 0.319 e. The molecule has 31 heavy (non-hydrogen) atoms. The molecule has 1 fully saturated rings. The lowest BCUT2D eigenvalue weighted by Gasteiger charge is -2.29. The van der Waals surface area contributed by atoms with Gasteiger partial charge >= 0.3 is 6.03 Å². The van der Waals surface area contributed by atoms with Crippen LogP contribution < -0.4 is 10.6 Å². The Labute approximate surface area is 189 Å². The van der Waals surface area contributed by atoms with Crippen LogP contribution in [-0.4, -0.2) is 54.5 Å². The number of nitrogens with zero attached hydrogens (tertiary/aromatic N) is 2. The maximum absolute atomic E-state index is 12.7. The van der Waals surface area contributed by atoms with Gasteiger partial charge in [0.2, 0.25) is 0 Å². The molecule has 3 amide bonds. The Morgan fingerprint density at radius 3 is 2.29 bits per heavy atom. The van der Waals surface area contributed by atoms with Gasteiger partial charge in [0.05, 0.1) is 6.04 Å². The summed E-state index contributed by atoms with van der Waals surface area (Å²) in [6, 6.07) is 9.23. The van der Waals surface area contributed by atoms with Gasteiger partial charge in [-0.3, -0.25) is 9.69 Å². The molecule has 0 spiro atoms. The van der Waals surface area contributed by atoms with Crippen LogP contribution in [0.25, 0.3) is 0 Å². The molecule has 0 aliphatic carbocycles. The largest absolute Gasteiger partial charge is 0.339 e. The number of carbonyl (C=O) groups is 2. The van der Waals surface area contributed by atoms with E-state index in [-0.39, 0.29) is 18.0 Å². The second-order valence-electron chi connectivity index (χ2n) is 7.91. The predicted octanol–water partition coefficient (Wildman–Crippen LogP) is 4.97. The smallest absolute Gasteiger partial charge is 0.319 e. The summed E-state index contributed by atoms with van der Waals surface area (Å²) in [6.07, 6.45) is 4.55. The number of nitrogens with one attached hydrogen (secondary N) is 2. The zero-order chi connectivity index (χ0) is 22.1. The Hall–Kier alpha value is -2.38. The van der Waals surface area contributed by atoms with Crippen LogP contribution in [-0.2, 0) is 0 Å². The summed E-state index contributed by atoms with van der Waals surface area (Å²) in [7, 11) is 0. The highest BCUT2D eigenvalue weighted by Gasteiger charge is 2.20. The summed E-state index contributed by atoms with van der Waals surface area (Å²) >= 11 is 1.67. The molecule has 168 valence electrons. The van der Waals surface area contributed by atoms with Crippen LogP contribution in [0.4, 0.5) is 10.5 Å². The molecule has 2 N–H and O–H groups in total. The molecule has 1 saturated heterocycles. The minimum Gasteiger partial charge on any atom is -0.339 e. The van der Waals surface area contributed by atoms with Gasteiger partial charge in [0.15, 0.2) is 0 Å². The van der Waals surface area contributed by atoms with Crippen molar-refractivity contribution in [3.63, 3.8) is 0 Å². The Kier molecular flexibility index (Phi) is 8.91. The molecule has 0 unspecified atom stereocenters. The molecule has 2 heterocycles. The molecule has 1 atom stereocenters. The van der Waals surface area contributed by atoms with Gasteiger partial charge in [-0.1, -0.05) is 26.7 Å². The molecule has 2 aromatic rings. The lowest BCUT2D eigenvalue weighted by atomic mass is 10.1. The first-order valence-corrected chi connectivity index (χ1v) is 12.3. The summed E-state index contributed by atoms with van der Waals surface area (Å²) in [5.74, 6) is 0.0794. The Bertz CT molecular complexity index is 811. The lowest BCUT2D eigenvalue weighted by molar-refractivity contribution is 0.0761. The van der Waals surface area contributed by atoms with Crippen LogP contribution in [0.2, 0.25) is 0 Å². The first-order chi connectivity index (χ1) is 15.1. The van der Waals surface area contributed by atoms with E-state index in [1.54, 1.807) is 35.6 Å². The van der Waals surface area contributed by atoms with E-state index in [9.17, 15) is 9.59 Å². The molecule has 1 aliphatic heterocycles. The Morgan fingerprint density at radius 2 is 1.71 bits per heavy atom. The summed E-state index contributed by atoms with van der Waals surface area (Å²) in [6.45, 7) is 8.32. The van der Waals surface area contributed by atoms with Crippen molar-refractivity contribution in [3.8, 4) is 0 Å². The normalized spacial score (nSPS) is 15.4. The highest BCUT2D eigenvalue weighted by molar-refractivity contribution is 7.08. The molecular formula is C24H34N4O2S. The number of carbonyl (C=O) groups excluding carboxylic acids is 2. The van der Waals surface area contributed by atoms with Crippen LogP contribution in [0.15, 0.2) is 41.1 Å². The van der Waals surface area contributed by atoms with Gasteiger partial charge in [-0.25, -0.2) is 4.79 Å². The van der Waals surface area contributed by atoms with E-state index in [4.69, 9.17) is 0 Å². The van der Waals surface area contributed by atoms with Gasteiger partial charge in [0, 0.05) is 30.9 Å². The molecule has 1 aliphatic rings. The van der Waals surface area contributed by atoms with Gasteiger partial charge in [-0.05, 0) is 72.6 Å². The summed E-state index contributed by atoms with van der Waals surface area (Å²) < 4.78 is 0. The molecule has 0 radical (unpaired) electrons. The van der Waals surface area contributed by atoms with Gasteiger partial charge in [-0.15, -0.1) is 0 Å². The highest BCUT2D eigenvalue weighted by Crippen LogP contribution is 2.22. The molecular weight excluding hydrogens is 408 g/mol. The number of anilines is 1. The number of urea groups is 1. The fourth-order valence-corrected chi connectivity index (χ4v) is 4.81. The zero-order valence-corrected chi connectivity index (χ0v) is 19.4. The number of amides is 3. The van der Waals surface area contributed by atoms with E-state index < -0.39 is 0 Å². The van der Waals surface area contributed by atoms with Crippen molar-refractivity contribution < 1.29 is 9.59 Å². The molecule has 0 bridgehead atoms. The third kappa shape index (κ3) is 6.55. The van der Waals surface area contributed by atoms with E-state index in [0.29, 0.717) is 17.8 Å². The van der Waals surface area contributed by atoms with E-state index in [2.05, 4.69) is 46.2 Å². The molecule has 1 aromatic carbocycles. The van der Waals surface area contributed by atoms with Crippen LogP contribution >= 0.6 is 11.3 Å². The topological polar surface area (TPSA) is 64.7 Å². The first-order valence-electron chi connectivity index (χ1n) is 11.3. The maximum atomic E-state index is 12.7. The van der Waals surface area contributed by atoms with Gasteiger partial charge < -0.3 is 15.5 Å². The zero-order valence-electron chi connectivity index (χ0n) is 18.6. The SMILES string of the molecule is CCN(CC)[C@H](CNC(=O)Nc1ccc(C(=O)N2CCCCCC2)cc1)c1ccsc1. The van der Waals surface area contributed by atoms with Crippen LogP contribution in [0.3, 0.4) is 0 Å². The standard InChI is InChI=1S/C24H34N4O2S/c1-3-27(4-2)22(20-13-16-31-18-20)17-25-24(30)26-21-11-9-19(10-12-21)23(29)28-14-7-5-6-8-15-28/h9-13,16,18,22H,3-8,14-15,17H2,1-2H3,(H2,25,26,30)/t22-/m1/s1. The third-order valence-corrected chi connectivity index (χ3v) is 6.62. The van der Waals surface area contributed by atoms with Crippen molar-refractivity contribution >= 4 is 29.0 Å². The fraction of sp³-hybridized carbons (Fsp3) is 0.500. The Balaban J connectivity index is 1.54. The summed E-state index contributed by atoms with van der Waals surface area (Å²) in [4.78, 5) is 29.5. The fourth-order valence-electron chi connectivity index (χ4n) is 4.10. The summed E-state index contributed by atoms with van der Waals surface area (Å²) in [5, 5.41) is 10.1. The van der Waals surface area contributed by atoms with Crippen LogP contribution in [0, 0.1) is 0 Å². The minimum atomic E-state index is -0.237. The van der Waals surface area contributed by atoms with Crippen molar-refractivity contribution in [1.29, 1.82) is 0 Å². The molecule has 7 heteroatoms. The van der Waals surface area contributed by atoms with Crippen LogP contribution in [0.5, 0.6) is 0 Å². The van der Waals surface area contributed by atoms with Crippen molar-refractivity contribution in [1.82, 2.24) is 15.1 Å². The van der Waals surface area contributed by atoms with E-state index in [1.807, 2.05) is 4.90 Å². The van der Waals surface area contributed by atoms with Crippen molar-refractivity contribution in [3.05, 3.63) is 52.2 Å². The molecule has 3 rings (SSSR count). The quantitative estimate of drug-likeness (QED) is 0.607. The van der Waals surface area contributed by atoms with E-state index >= 15 is 0 Å².